The van der Waals surface area contributed by atoms with Gasteiger partial charge in [-0.1, -0.05) is 6.92 Å². The first-order valence-corrected chi connectivity index (χ1v) is 7.08. The van der Waals surface area contributed by atoms with Gasteiger partial charge in [-0.05, 0) is 37.2 Å². The van der Waals surface area contributed by atoms with Gasteiger partial charge in [0.05, 0.1) is 12.7 Å². The number of morpholine rings is 1. The lowest BCUT2D eigenvalue weighted by Crippen LogP contribution is -2.47. The maximum atomic E-state index is 12.1. The summed E-state index contributed by atoms with van der Waals surface area (Å²) >= 11 is 0. The molecule has 2 rings (SSSR count). The number of carbonyl (C=O) groups is 1. The molecule has 1 aromatic rings. The summed E-state index contributed by atoms with van der Waals surface area (Å²) in [6, 6.07) is 5.32. The van der Waals surface area contributed by atoms with Crippen molar-refractivity contribution in [2.75, 3.05) is 38.5 Å². The van der Waals surface area contributed by atoms with Gasteiger partial charge < -0.3 is 15.8 Å². The second-order valence-corrected chi connectivity index (χ2v) is 5.17. The minimum absolute atomic E-state index is 0.0718. The Kier molecular flexibility index (Phi) is 4.98. The lowest BCUT2D eigenvalue weighted by molar-refractivity contribution is -0.0246. The fourth-order valence-corrected chi connectivity index (χ4v) is 2.32. The van der Waals surface area contributed by atoms with E-state index < -0.39 is 0 Å². The van der Waals surface area contributed by atoms with Crippen molar-refractivity contribution < 1.29 is 9.53 Å². The number of nitrogen functional groups attached to an aromatic ring is 1. The van der Waals surface area contributed by atoms with Crippen LogP contribution in [-0.2, 0) is 4.74 Å². The highest BCUT2D eigenvalue weighted by molar-refractivity contribution is 5.94. The molecule has 1 fully saturated rings. The van der Waals surface area contributed by atoms with Gasteiger partial charge in [-0.3, -0.25) is 9.69 Å². The van der Waals surface area contributed by atoms with E-state index in [-0.39, 0.29) is 12.0 Å². The molecule has 0 saturated carbocycles. The quantitative estimate of drug-likeness (QED) is 0.807. The first-order chi connectivity index (χ1) is 9.60. The number of nitrogens with one attached hydrogen (secondary N) is 1. The van der Waals surface area contributed by atoms with Crippen LogP contribution >= 0.6 is 0 Å². The second-order valence-electron chi connectivity index (χ2n) is 5.17. The van der Waals surface area contributed by atoms with E-state index in [1.165, 1.54) is 0 Å². The first kappa shape index (κ1) is 14.8. The van der Waals surface area contributed by atoms with Crippen LogP contribution in [0.2, 0.25) is 0 Å². The molecule has 1 aliphatic heterocycles. The summed E-state index contributed by atoms with van der Waals surface area (Å²) in [5.41, 5.74) is 8.02. The van der Waals surface area contributed by atoms with Crippen LogP contribution in [0.25, 0.3) is 0 Å². The highest BCUT2D eigenvalue weighted by atomic mass is 16.5. The summed E-state index contributed by atoms with van der Waals surface area (Å²) in [5.74, 6) is -0.0784. The van der Waals surface area contributed by atoms with Crippen LogP contribution in [0.1, 0.15) is 22.8 Å². The van der Waals surface area contributed by atoms with Gasteiger partial charge in [0.1, 0.15) is 0 Å². The normalized spacial score (nSPS) is 19.8. The van der Waals surface area contributed by atoms with Crippen molar-refractivity contribution in [3.8, 4) is 0 Å². The molecule has 1 amide bonds. The minimum Gasteiger partial charge on any atom is -0.399 e. The zero-order valence-electron chi connectivity index (χ0n) is 12.2. The number of likely N-dealkylation sites (N-methyl/N-ethyl adjacent to an activating group) is 1. The summed E-state index contributed by atoms with van der Waals surface area (Å²) in [6.45, 7) is 8.17. The van der Waals surface area contributed by atoms with Crippen molar-refractivity contribution in [1.29, 1.82) is 0 Å². The number of anilines is 1. The zero-order valence-corrected chi connectivity index (χ0v) is 12.2. The molecule has 1 saturated heterocycles. The van der Waals surface area contributed by atoms with Crippen LogP contribution in [0, 0.1) is 6.92 Å². The maximum absolute atomic E-state index is 12.1. The van der Waals surface area contributed by atoms with Crippen LogP contribution in [0.3, 0.4) is 0 Å². The van der Waals surface area contributed by atoms with E-state index >= 15 is 0 Å². The van der Waals surface area contributed by atoms with Crippen LogP contribution < -0.4 is 11.1 Å². The second kappa shape index (κ2) is 6.72. The summed E-state index contributed by atoms with van der Waals surface area (Å²) < 4.78 is 5.66. The standard InChI is InChI=1S/C15H23N3O2/c1-3-18-6-7-20-13(10-18)9-17-15(19)12-4-5-14(16)11(2)8-12/h4-5,8,13H,3,6-7,9-10,16H2,1-2H3,(H,17,19). The predicted octanol–water partition coefficient (Wildman–Crippen LogP) is 1.03. The van der Waals surface area contributed by atoms with E-state index in [2.05, 4.69) is 17.1 Å². The van der Waals surface area contributed by atoms with Gasteiger partial charge in [0.2, 0.25) is 0 Å². The number of aryl methyl sites for hydroxylation is 1. The predicted molar refractivity (Wildman–Crippen MR) is 79.8 cm³/mol. The third-order valence-corrected chi connectivity index (χ3v) is 3.69. The largest absolute Gasteiger partial charge is 0.399 e. The Bertz CT molecular complexity index is 476. The number of hydrogen-bond acceptors (Lipinski definition) is 4. The number of amides is 1. The SMILES string of the molecule is CCN1CCOC(CNC(=O)c2ccc(N)c(C)c2)C1. The van der Waals surface area contributed by atoms with Gasteiger partial charge >= 0.3 is 0 Å². The molecule has 1 aliphatic rings. The van der Waals surface area contributed by atoms with Gasteiger partial charge in [0, 0.05) is 30.9 Å². The molecule has 3 N–H and O–H groups in total. The fourth-order valence-electron chi connectivity index (χ4n) is 2.32. The lowest BCUT2D eigenvalue weighted by atomic mass is 10.1. The molecule has 20 heavy (non-hydrogen) atoms. The molecule has 0 aromatic heterocycles. The van der Waals surface area contributed by atoms with Crippen LogP contribution in [0.4, 0.5) is 5.69 Å². The molecule has 0 aliphatic carbocycles. The molecule has 1 aromatic carbocycles. The number of rotatable bonds is 4. The Morgan fingerprint density at radius 3 is 3.05 bits per heavy atom. The van der Waals surface area contributed by atoms with Crippen molar-refractivity contribution in [2.24, 2.45) is 0 Å². The van der Waals surface area contributed by atoms with E-state index in [9.17, 15) is 4.79 Å². The molecule has 1 unspecified atom stereocenters. The number of benzene rings is 1. The molecular weight excluding hydrogens is 254 g/mol. The molecule has 1 atom stereocenters. The molecule has 0 spiro atoms. The Labute approximate surface area is 120 Å². The Morgan fingerprint density at radius 2 is 2.35 bits per heavy atom. The molecule has 5 nitrogen and oxygen atoms in total. The highest BCUT2D eigenvalue weighted by Gasteiger charge is 2.20. The summed E-state index contributed by atoms with van der Waals surface area (Å²) in [7, 11) is 0. The van der Waals surface area contributed by atoms with Crippen molar-refractivity contribution in [2.45, 2.75) is 20.0 Å². The zero-order chi connectivity index (χ0) is 14.5. The van der Waals surface area contributed by atoms with Crippen LogP contribution in [0.15, 0.2) is 18.2 Å². The van der Waals surface area contributed by atoms with E-state index in [4.69, 9.17) is 10.5 Å². The minimum atomic E-state index is -0.0784. The summed E-state index contributed by atoms with van der Waals surface area (Å²) in [5, 5.41) is 2.93. The number of nitrogens with two attached hydrogens (primary N) is 1. The number of nitrogens with zero attached hydrogens (tertiary/aromatic N) is 1. The third-order valence-electron chi connectivity index (χ3n) is 3.69. The molecular formula is C15H23N3O2. The van der Waals surface area contributed by atoms with E-state index in [0.717, 1.165) is 31.8 Å². The van der Waals surface area contributed by atoms with Gasteiger partial charge in [-0.2, -0.15) is 0 Å². The maximum Gasteiger partial charge on any atom is 0.251 e. The molecule has 0 radical (unpaired) electrons. The molecule has 0 bridgehead atoms. The Balaban J connectivity index is 1.87. The molecule has 5 heteroatoms. The van der Waals surface area contributed by atoms with Crippen molar-refractivity contribution in [3.63, 3.8) is 0 Å². The number of ether oxygens (including phenoxy) is 1. The fraction of sp³-hybridized carbons (Fsp3) is 0.533. The van der Waals surface area contributed by atoms with Gasteiger partial charge in [-0.15, -0.1) is 0 Å². The monoisotopic (exact) mass is 277 g/mol. The average molecular weight is 277 g/mol. The smallest absolute Gasteiger partial charge is 0.251 e. The molecule has 1 heterocycles. The van der Waals surface area contributed by atoms with E-state index in [0.29, 0.717) is 17.8 Å². The Morgan fingerprint density at radius 1 is 1.55 bits per heavy atom. The summed E-state index contributed by atoms with van der Waals surface area (Å²) in [6.07, 6.45) is 0.0718. The third kappa shape index (κ3) is 3.71. The first-order valence-electron chi connectivity index (χ1n) is 7.08. The van der Waals surface area contributed by atoms with Crippen molar-refractivity contribution in [3.05, 3.63) is 29.3 Å². The lowest BCUT2D eigenvalue weighted by Gasteiger charge is -2.32. The highest BCUT2D eigenvalue weighted by Crippen LogP contribution is 2.12. The van der Waals surface area contributed by atoms with Crippen molar-refractivity contribution >= 4 is 11.6 Å². The van der Waals surface area contributed by atoms with Crippen molar-refractivity contribution in [1.82, 2.24) is 10.2 Å². The van der Waals surface area contributed by atoms with Gasteiger partial charge in [-0.25, -0.2) is 0 Å². The molecule has 110 valence electrons. The number of hydrogen-bond donors (Lipinski definition) is 2. The van der Waals surface area contributed by atoms with Gasteiger partial charge in [0.15, 0.2) is 0 Å². The van der Waals surface area contributed by atoms with E-state index in [1.807, 2.05) is 13.0 Å². The summed E-state index contributed by atoms with van der Waals surface area (Å²) in [4.78, 5) is 14.4. The van der Waals surface area contributed by atoms with Crippen LogP contribution in [0.5, 0.6) is 0 Å². The van der Waals surface area contributed by atoms with E-state index in [1.54, 1.807) is 12.1 Å². The van der Waals surface area contributed by atoms with Crippen LogP contribution in [-0.4, -0.2) is 49.7 Å². The topological polar surface area (TPSA) is 67.6 Å². The van der Waals surface area contributed by atoms with Gasteiger partial charge in [0.25, 0.3) is 5.91 Å². The number of carbonyl (C=O) groups excluding carboxylic acids is 1. The Hall–Kier alpha value is -1.59. The average Bonchev–Trinajstić information content (AvgIpc) is 2.47.